The Hall–Kier alpha value is -2.74. The van der Waals surface area contributed by atoms with Gasteiger partial charge in [-0.25, -0.2) is 0 Å². The number of nitrogens with zero attached hydrogens (tertiary/aromatic N) is 5. The van der Waals surface area contributed by atoms with E-state index in [2.05, 4.69) is 15.1 Å². The topological polar surface area (TPSA) is 62.6 Å². The maximum atomic E-state index is 6.00. The van der Waals surface area contributed by atoms with Gasteiger partial charge in [-0.2, -0.15) is 10.2 Å². The van der Waals surface area contributed by atoms with E-state index in [0.29, 0.717) is 13.2 Å². The summed E-state index contributed by atoms with van der Waals surface area (Å²) in [5, 5.41) is 14.0. The molecule has 2 aliphatic rings. The summed E-state index contributed by atoms with van der Waals surface area (Å²) >= 11 is 5.51. The zero-order valence-corrected chi connectivity index (χ0v) is 16.9. The maximum Gasteiger partial charge on any atom is 0.138 e. The Balaban J connectivity index is 1.47. The third-order valence-corrected chi connectivity index (χ3v) is 5.16. The molecule has 1 unspecified atom stereocenters. The number of thiocarbonyl (C=S) groups is 1. The zero-order chi connectivity index (χ0) is 19.5. The predicted molar refractivity (Wildman–Crippen MR) is 115 cm³/mol. The van der Waals surface area contributed by atoms with E-state index in [1.165, 1.54) is 0 Å². The highest BCUT2D eigenvalue weighted by Gasteiger charge is 2.26. The number of aromatic nitrogens is 1. The second-order valence-electron chi connectivity index (χ2n) is 6.80. The van der Waals surface area contributed by atoms with Crippen LogP contribution in [-0.4, -0.2) is 71.2 Å². The van der Waals surface area contributed by atoms with E-state index in [-0.39, 0.29) is 6.04 Å². The Morgan fingerprint density at radius 3 is 2.86 bits per heavy atom. The van der Waals surface area contributed by atoms with Crippen LogP contribution in [0.15, 0.2) is 40.7 Å². The summed E-state index contributed by atoms with van der Waals surface area (Å²) in [7, 11) is 1.96. The van der Waals surface area contributed by atoms with Crippen LogP contribution < -0.4 is 9.47 Å². The monoisotopic (exact) mass is 397 g/mol. The minimum atomic E-state index is 0.187. The second kappa shape index (κ2) is 8.10. The van der Waals surface area contributed by atoms with Crippen LogP contribution in [0.1, 0.15) is 13.3 Å². The lowest BCUT2D eigenvalue weighted by atomic mass is 10.1. The van der Waals surface area contributed by atoms with Crippen molar-refractivity contribution in [2.45, 2.75) is 19.4 Å². The lowest BCUT2D eigenvalue weighted by Crippen LogP contribution is -2.42. The molecule has 1 aromatic heterocycles. The van der Waals surface area contributed by atoms with Crippen molar-refractivity contribution in [1.29, 1.82) is 0 Å². The van der Waals surface area contributed by atoms with Gasteiger partial charge in [0.25, 0.3) is 0 Å². The molecule has 1 atom stereocenters. The van der Waals surface area contributed by atoms with Gasteiger partial charge in [0.05, 0.1) is 31.1 Å². The first kappa shape index (κ1) is 18.6. The van der Waals surface area contributed by atoms with Crippen LogP contribution in [0, 0.1) is 0 Å². The highest BCUT2D eigenvalue weighted by atomic mass is 32.1. The second-order valence-corrected chi connectivity index (χ2v) is 7.30. The molecule has 146 valence electrons. The number of pyridine rings is 1. The van der Waals surface area contributed by atoms with E-state index in [1.807, 2.05) is 49.5 Å². The lowest BCUT2D eigenvalue weighted by molar-refractivity contribution is 0.225. The fraction of sp³-hybridized carbons (Fsp3) is 0.400. The van der Waals surface area contributed by atoms with Gasteiger partial charge in [-0.15, -0.1) is 0 Å². The summed E-state index contributed by atoms with van der Waals surface area (Å²) in [5.41, 5.74) is 1.71. The lowest BCUT2D eigenvalue weighted by Gasteiger charge is -2.29. The number of hydrazone groups is 2. The van der Waals surface area contributed by atoms with Crippen LogP contribution in [0.4, 0.5) is 0 Å². The molecule has 0 bridgehead atoms. The van der Waals surface area contributed by atoms with Crippen molar-refractivity contribution in [3.63, 3.8) is 0 Å². The summed E-state index contributed by atoms with van der Waals surface area (Å²) in [6.07, 6.45) is 4.48. The molecule has 0 saturated heterocycles. The molecule has 1 aromatic carbocycles. The van der Waals surface area contributed by atoms with Gasteiger partial charge in [-0.1, -0.05) is 12.2 Å². The molecule has 2 aromatic rings. The highest BCUT2D eigenvalue weighted by Crippen LogP contribution is 2.23. The van der Waals surface area contributed by atoms with Gasteiger partial charge in [0.15, 0.2) is 0 Å². The van der Waals surface area contributed by atoms with Crippen LogP contribution in [0.3, 0.4) is 0 Å². The normalized spacial score (nSPS) is 19.3. The van der Waals surface area contributed by atoms with E-state index < -0.39 is 0 Å². The molecule has 0 amide bonds. The molecule has 4 rings (SSSR count). The zero-order valence-electron chi connectivity index (χ0n) is 16.0. The first-order chi connectivity index (χ1) is 13.6. The molecular weight excluding hydrogens is 374 g/mol. The molecular formula is C20H23N5O2S. The molecule has 2 aliphatic heterocycles. The van der Waals surface area contributed by atoms with Gasteiger partial charge < -0.3 is 9.47 Å². The van der Waals surface area contributed by atoms with Gasteiger partial charge in [0.1, 0.15) is 29.9 Å². The van der Waals surface area contributed by atoms with Gasteiger partial charge in [-0.05, 0) is 31.2 Å². The third kappa shape index (κ3) is 4.06. The van der Waals surface area contributed by atoms with E-state index in [4.69, 9.17) is 26.8 Å². The minimum Gasteiger partial charge on any atom is -0.492 e. The predicted octanol–water partition coefficient (Wildman–Crippen LogP) is 2.74. The van der Waals surface area contributed by atoms with E-state index >= 15 is 0 Å². The van der Waals surface area contributed by atoms with Crippen LogP contribution in [0.2, 0.25) is 0 Å². The number of likely N-dealkylation sites (N-methyl/N-ethyl adjacent to an activating group) is 1. The summed E-state index contributed by atoms with van der Waals surface area (Å²) in [4.78, 5) is 5.28. The minimum absolute atomic E-state index is 0.187. The van der Waals surface area contributed by atoms with Gasteiger partial charge >= 0.3 is 0 Å². The fourth-order valence-corrected chi connectivity index (χ4v) is 3.47. The molecule has 0 saturated carbocycles. The molecule has 0 spiro atoms. The molecule has 0 N–H and O–H groups in total. The number of fused-ring (bicyclic) bond motifs is 1. The summed E-state index contributed by atoms with van der Waals surface area (Å²) in [5.74, 6) is 1.51. The van der Waals surface area contributed by atoms with Crippen LogP contribution in [0.5, 0.6) is 11.5 Å². The number of rotatable bonds is 6. The van der Waals surface area contributed by atoms with Crippen molar-refractivity contribution in [3.05, 3.63) is 30.5 Å². The van der Waals surface area contributed by atoms with Crippen molar-refractivity contribution in [3.8, 4) is 11.5 Å². The van der Waals surface area contributed by atoms with Gasteiger partial charge in [0.2, 0.25) is 0 Å². The van der Waals surface area contributed by atoms with Crippen molar-refractivity contribution < 1.29 is 9.47 Å². The van der Waals surface area contributed by atoms with E-state index in [1.54, 1.807) is 6.20 Å². The van der Waals surface area contributed by atoms with Crippen molar-refractivity contribution >= 4 is 39.9 Å². The van der Waals surface area contributed by atoms with Crippen LogP contribution in [-0.2, 0) is 0 Å². The number of benzene rings is 1. The van der Waals surface area contributed by atoms with Crippen molar-refractivity contribution in [1.82, 2.24) is 15.0 Å². The molecule has 0 fully saturated rings. The largest absolute Gasteiger partial charge is 0.492 e. The number of hydrogen-bond acceptors (Lipinski definition) is 8. The van der Waals surface area contributed by atoms with Crippen molar-refractivity contribution in [2.75, 3.05) is 33.4 Å². The number of hydrogen-bond donors (Lipinski definition) is 0. The first-order valence-electron chi connectivity index (χ1n) is 9.40. The number of ether oxygens (including phenoxy) is 2. The summed E-state index contributed by atoms with van der Waals surface area (Å²) in [6.45, 7) is 4.56. The van der Waals surface area contributed by atoms with Gasteiger partial charge in [0, 0.05) is 30.3 Å². The molecule has 28 heavy (non-hydrogen) atoms. The molecule has 0 aliphatic carbocycles. The molecule has 0 radical (unpaired) electrons. The molecule has 7 nitrogen and oxygen atoms in total. The molecule has 8 heteroatoms. The Labute approximate surface area is 169 Å². The summed E-state index contributed by atoms with van der Waals surface area (Å²) in [6, 6.07) is 7.98. The standard InChI is InChI=1S/C20H23N5O2S/c1-3-26-17-9-14-8-16(4-5-18(14)21-11-17)27-13-19-20(28)6-7-25(23-19)15-10-22-24(2)12-15/h4-5,8-11,15H,3,6-7,12-13H2,1-2H3. The Bertz CT molecular complexity index is 945. The average Bonchev–Trinajstić information content (AvgIpc) is 3.13. The highest BCUT2D eigenvalue weighted by molar-refractivity contribution is 7.82. The quantitative estimate of drug-likeness (QED) is 0.699. The first-order valence-corrected chi connectivity index (χ1v) is 9.81. The molecule has 3 heterocycles. The smallest absolute Gasteiger partial charge is 0.138 e. The SMILES string of the molecule is CCOc1cnc2ccc(OCC3=NN(C4C=NN(C)C4)CCC3=S)cc2c1. The van der Waals surface area contributed by atoms with E-state index in [9.17, 15) is 0 Å². The Morgan fingerprint density at radius 2 is 2.07 bits per heavy atom. The average molecular weight is 398 g/mol. The van der Waals surface area contributed by atoms with E-state index in [0.717, 1.165) is 52.5 Å². The van der Waals surface area contributed by atoms with Gasteiger partial charge in [-0.3, -0.25) is 15.0 Å². The fourth-order valence-electron chi connectivity index (χ4n) is 3.27. The third-order valence-electron chi connectivity index (χ3n) is 4.72. The summed E-state index contributed by atoms with van der Waals surface area (Å²) < 4.78 is 11.5. The maximum absolute atomic E-state index is 6.00. The van der Waals surface area contributed by atoms with Crippen molar-refractivity contribution in [2.24, 2.45) is 10.2 Å². The van der Waals surface area contributed by atoms with Crippen LogP contribution >= 0.6 is 12.2 Å². The Morgan fingerprint density at radius 1 is 1.21 bits per heavy atom. The Kier molecular flexibility index (Phi) is 5.38. The van der Waals surface area contributed by atoms with Crippen LogP contribution in [0.25, 0.3) is 10.9 Å².